The molecule has 0 atom stereocenters. The van der Waals surface area contributed by atoms with E-state index in [1.165, 1.54) is 0 Å². The van der Waals surface area contributed by atoms with Gasteiger partial charge in [-0.3, -0.25) is 0 Å². The number of rotatable bonds is 3. The molecule has 1 aliphatic heterocycles. The first-order chi connectivity index (χ1) is 12.9. The summed E-state index contributed by atoms with van der Waals surface area (Å²) in [6.07, 6.45) is 0.0791. The lowest BCUT2D eigenvalue weighted by molar-refractivity contribution is -0.140. The summed E-state index contributed by atoms with van der Waals surface area (Å²) in [5.41, 5.74) is 0.0157. The van der Waals surface area contributed by atoms with Gasteiger partial charge in [0.05, 0.1) is 32.5 Å². The Kier molecular flexibility index (Phi) is 6.23. The van der Waals surface area contributed by atoms with Gasteiger partial charge in [-0.1, -0.05) is 12.1 Å². The Balaban J connectivity index is 2.96. The highest BCUT2D eigenvalue weighted by molar-refractivity contribution is 6.15. The van der Waals surface area contributed by atoms with Crippen LogP contribution in [0, 0.1) is 0 Å². The van der Waals surface area contributed by atoms with Crippen molar-refractivity contribution in [1.82, 2.24) is 0 Å². The van der Waals surface area contributed by atoms with E-state index < -0.39 is 29.2 Å². The topological polar surface area (TPSA) is 102 Å². The van der Waals surface area contributed by atoms with E-state index in [1.807, 2.05) is 0 Å². The van der Waals surface area contributed by atoms with Crippen LogP contribution in [0.25, 0.3) is 5.76 Å². The molecule has 1 aromatic rings. The normalized spacial score (nSPS) is 19.9. The third-order valence-electron chi connectivity index (χ3n) is 4.27. The number of benzene rings is 1. The molecule has 0 saturated carbocycles. The summed E-state index contributed by atoms with van der Waals surface area (Å²) in [6, 6.07) is 6.80. The van der Waals surface area contributed by atoms with Crippen LogP contribution in [0.4, 0.5) is 5.69 Å². The van der Waals surface area contributed by atoms with Crippen molar-refractivity contribution in [2.24, 2.45) is 0 Å². The average molecular weight is 375 g/mol. The van der Waals surface area contributed by atoms with E-state index >= 15 is 0 Å². The molecule has 8 nitrogen and oxygen atoms in total. The predicted octanol–water partition coefficient (Wildman–Crippen LogP) is 1.61. The third kappa shape index (κ3) is 3.79. The Morgan fingerprint density at radius 1 is 0.926 bits per heavy atom. The largest absolute Gasteiger partial charge is 0.506 e. The zero-order valence-corrected chi connectivity index (χ0v) is 15.6. The smallest absolute Gasteiger partial charge is 0.342 e. The molecular weight excluding hydrogens is 354 g/mol. The van der Waals surface area contributed by atoms with Crippen LogP contribution in [0.15, 0.2) is 41.0 Å². The second-order valence-corrected chi connectivity index (χ2v) is 5.74. The van der Waals surface area contributed by atoms with Crippen molar-refractivity contribution in [3.63, 3.8) is 0 Å². The van der Waals surface area contributed by atoms with Crippen molar-refractivity contribution >= 4 is 29.4 Å². The van der Waals surface area contributed by atoms with Gasteiger partial charge in [0.25, 0.3) is 0 Å². The standard InChI is InChI=1S/C19H21NO7/c1-20-10-9-12(17(22)25-2)14(18(23)26-3)15(19(24)27-4)16(21)11-7-5-6-8-13(11)20/h5-8,21H,9-10H2,1-4H3/b14-12-,16-15-. The van der Waals surface area contributed by atoms with Crippen LogP contribution >= 0.6 is 0 Å². The molecular formula is C19H21NO7. The van der Waals surface area contributed by atoms with E-state index in [4.69, 9.17) is 14.2 Å². The Hall–Kier alpha value is -3.29. The van der Waals surface area contributed by atoms with Gasteiger partial charge in [0, 0.05) is 24.8 Å². The molecule has 0 unspecified atom stereocenters. The van der Waals surface area contributed by atoms with Gasteiger partial charge in [-0.2, -0.15) is 0 Å². The van der Waals surface area contributed by atoms with Crippen molar-refractivity contribution in [3.05, 3.63) is 46.5 Å². The van der Waals surface area contributed by atoms with Gasteiger partial charge in [0.1, 0.15) is 11.3 Å². The van der Waals surface area contributed by atoms with E-state index in [0.717, 1.165) is 21.3 Å². The first-order valence-electron chi connectivity index (χ1n) is 8.09. The minimum Gasteiger partial charge on any atom is -0.506 e. The molecule has 0 bridgehead atoms. The quantitative estimate of drug-likeness (QED) is 0.628. The maximum atomic E-state index is 12.5. The molecule has 0 radical (unpaired) electrons. The monoisotopic (exact) mass is 375 g/mol. The minimum absolute atomic E-state index is 0.0791. The fourth-order valence-corrected chi connectivity index (χ4v) is 2.89. The molecule has 1 N–H and O–H groups in total. The molecule has 0 fully saturated rings. The lowest BCUT2D eigenvalue weighted by atomic mass is 9.94. The Labute approximate surface area is 156 Å². The van der Waals surface area contributed by atoms with E-state index in [9.17, 15) is 19.5 Å². The first kappa shape index (κ1) is 20.0. The number of nitrogens with zero attached hydrogens (tertiary/aromatic N) is 1. The zero-order valence-electron chi connectivity index (χ0n) is 15.6. The van der Waals surface area contributed by atoms with Crippen molar-refractivity contribution in [2.45, 2.75) is 6.42 Å². The summed E-state index contributed by atoms with van der Waals surface area (Å²) in [5, 5.41) is 10.9. The molecule has 0 saturated heterocycles. The lowest BCUT2D eigenvalue weighted by Crippen LogP contribution is -2.24. The van der Waals surface area contributed by atoms with Gasteiger partial charge in [-0.15, -0.1) is 0 Å². The molecule has 0 spiro atoms. The van der Waals surface area contributed by atoms with Crippen LogP contribution in [0.3, 0.4) is 0 Å². The number of fused-ring (bicyclic) bond motifs is 1. The number of esters is 3. The fourth-order valence-electron chi connectivity index (χ4n) is 2.89. The maximum Gasteiger partial charge on any atom is 0.342 e. The summed E-state index contributed by atoms with van der Waals surface area (Å²) >= 11 is 0. The summed E-state index contributed by atoms with van der Waals surface area (Å²) in [4.78, 5) is 39.1. The Bertz CT molecular complexity index is 838. The molecule has 2 rings (SSSR count). The van der Waals surface area contributed by atoms with Crippen LogP contribution in [0.5, 0.6) is 0 Å². The summed E-state index contributed by atoms with van der Waals surface area (Å²) in [6.45, 7) is 0.323. The van der Waals surface area contributed by atoms with Crippen LogP contribution in [0.2, 0.25) is 0 Å². The zero-order chi connectivity index (χ0) is 20.1. The van der Waals surface area contributed by atoms with E-state index in [-0.39, 0.29) is 17.6 Å². The molecule has 0 amide bonds. The van der Waals surface area contributed by atoms with Crippen molar-refractivity contribution in [3.8, 4) is 0 Å². The summed E-state index contributed by atoms with van der Waals surface area (Å²) in [5.74, 6) is -3.23. The van der Waals surface area contributed by atoms with E-state index in [0.29, 0.717) is 17.8 Å². The van der Waals surface area contributed by atoms with Crippen molar-refractivity contribution < 1.29 is 33.7 Å². The Morgan fingerprint density at radius 3 is 2.07 bits per heavy atom. The van der Waals surface area contributed by atoms with Crippen LogP contribution < -0.4 is 4.90 Å². The molecule has 144 valence electrons. The second kappa shape index (κ2) is 8.39. The van der Waals surface area contributed by atoms with Crippen molar-refractivity contribution in [1.29, 1.82) is 0 Å². The first-order valence-corrected chi connectivity index (χ1v) is 8.09. The highest BCUT2D eigenvalue weighted by atomic mass is 16.5. The van der Waals surface area contributed by atoms with Gasteiger partial charge in [0.15, 0.2) is 0 Å². The second-order valence-electron chi connectivity index (χ2n) is 5.74. The minimum atomic E-state index is -0.978. The molecule has 8 heteroatoms. The molecule has 27 heavy (non-hydrogen) atoms. The SMILES string of the molecule is COC(=O)/C1=C(C(=O)OC)/C(C(=O)OC)=C(/O)c2ccccc2N(C)CC1. The van der Waals surface area contributed by atoms with Gasteiger partial charge < -0.3 is 24.2 Å². The highest BCUT2D eigenvalue weighted by Crippen LogP contribution is 2.34. The third-order valence-corrected chi connectivity index (χ3v) is 4.27. The lowest BCUT2D eigenvalue weighted by Gasteiger charge is -2.21. The number of anilines is 1. The number of hydrogen-bond acceptors (Lipinski definition) is 8. The molecule has 1 heterocycles. The summed E-state index contributed by atoms with van der Waals surface area (Å²) < 4.78 is 14.3. The van der Waals surface area contributed by atoms with Crippen LogP contribution in [-0.2, 0) is 28.6 Å². The number of carbonyl (C=O) groups is 3. The van der Waals surface area contributed by atoms with E-state index in [2.05, 4.69) is 0 Å². The highest BCUT2D eigenvalue weighted by Gasteiger charge is 2.34. The van der Waals surface area contributed by atoms with Gasteiger partial charge in [-0.05, 0) is 18.6 Å². The number of ether oxygens (including phenoxy) is 3. The number of hydrogen-bond donors (Lipinski definition) is 1. The number of aliphatic hydroxyl groups is 1. The average Bonchev–Trinajstić information content (AvgIpc) is 2.74. The van der Waals surface area contributed by atoms with Crippen molar-refractivity contribution in [2.75, 3.05) is 39.8 Å². The fraction of sp³-hybridized carbons (Fsp3) is 0.316. The van der Waals surface area contributed by atoms with Crippen LogP contribution in [-0.4, -0.2) is 57.9 Å². The molecule has 1 aliphatic rings. The van der Waals surface area contributed by atoms with Gasteiger partial charge >= 0.3 is 17.9 Å². The molecule has 1 aromatic carbocycles. The maximum absolute atomic E-state index is 12.5. The number of para-hydroxylation sites is 1. The van der Waals surface area contributed by atoms with E-state index in [1.54, 1.807) is 36.2 Å². The van der Waals surface area contributed by atoms with Gasteiger partial charge in [-0.25, -0.2) is 14.4 Å². The predicted molar refractivity (Wildman–Crippen MR) is 97.0 cm³/mol. The number of methoxy groups -OCH3 is 3. The van der Waals surface area contributed by atoms with Gasteiger partial charge in [0.2, 0.25) is 0 Å². The number of carbonyl (C=O) groups excluding carboxylic acids is 3. The Morgan fingerprint density at radius 2 is 1.48 bits per heavy atom. The molecule has 0 aromatic heterocycles. The number of aliphatic hydroxyl groups excluding tert-OH is 1. The molecule has 0 aliphatic carbocycles. The van der Waals surface area contributed by atoms with Crippen LogP contribution in [0.1, 0.15) is 12.0 Å². The summed E-state index contributed by atoms with van der Waals surface area (Å²) in [7, 11) is 5.15.